The second-order valence-corrected chi connectivity index (χ2v) is 6.51. The highest BCUT2D eigenvalue weighted by atomic mass is 32.1. The molecule has 1 aromatic carbocycles. The summed E-state index contributed by atoms with van der Waals surface area (Å²) in [4.78, 5) is 2.10. The molecule has 2 rings (SSSR count). The van der Waals surface area contributed by atoms with Gasteiger partial charge in [-0.3, -0.25) is 4.90 Å². The van der Waals surface area contributed by atoms with Crippen LogP contribution in [0.5, 0.6) is 0 Å². The Morgan fingerprint density at radius 3 is 2.39 bits per heavy atom. The van der Waals surface area contributed by atoms with E-state index >= 15 is 0 Å². The SMILES string of the molecule is CC(C)c1ccc(NC(=S)NC[C@@H](c2ccco2)N(C)C)cc1. The van der Waals surface area contributed by atoms with Crippen molar-refractivity contribution < 1.29 is 4.42 Å². The Morgan fingerprint density at radius 2 is 1.87 bits per heavy atom. The average Bonchev–Trinajstić information content (AvgIpc) is 3.01. The molecular weight excluding hydrogens is 306 g/mol. The summed E-state index contributed by atoms with van der Waals surface area (Å²) in [7, 11) is 4.05. The minimum absolute atomic E-state index is 0.132. The normalized spacial score (nSPS) is 12.4. The summed E-state index contributed by atoms with van der Waals surface area (Å²) in [6.07, 6.45) is 1.69. The van der Waals surface area contributed by atoms with Gasteiger partial charge in [-0.25, -0.2) is 0 Å². The third-order valence-corrected chi connectivity index (χ3v) is 4.03. The van der Waals surface area contributed by atoms with Gasteiger partial charge in [0.05, 0.1) is 12.3 Å². The van der Waals surface area contributed by atoms with E-state index in [1.165, 1.54) is 5.56 Å². The standard InChI is InChI=1S/C18H25N3OS/c1-13(2)14-7-9-15(10-8-14)20-18(23)19-12-16(21(3)4)17-6-5-11-22-17/h5-11,13,16H,12H2,1-4H3,(H2,19,20,23)/t16-/m0/s1. The summed E-state index contributed by atoms with van der Waals surface area (Å²) in [6, 6.07) is 12.4. The van der Waals surface area contributed by atoms with Crippen molar-refractivity contribution >= 4 is 23.0 Å². The number of furan rings is 1. The maximum Gasteiger partial charge on any atom is 0.170 e. The molecule has 0 radical (unpaired) electrons. The number of nitrogens with one attached hydrogen (secondary N) is 2. The lowest BCUT2D eigenvalue weighted by atomic mass is 10.0. The first-order valence-corrected chi connectivity index (χ1v) is 8.23. The van der Waals surface area contributed by atoms with Crippen molar-refractivity contribution in [1.29, 1.82) is 0 Å². The summed E-state index contributed by atoms with van der Waals surface area (Å²) in [5, 5.41) is 7.09. The highest BCUT2D eigenvalue weighted by Crippen LogP contribution is 2.18. The number of likely N-dealkylation sites (N-methyl/N-ethyl adjacent to an activating group) is 1. The van der Waals surface area contributed by atoms with Crippen LogP contribution in [0.15, 0.2) is 47.1 Å². The number of thiocarbonyl (C=S) groups is 1. The Morgan fingerprint density at radius 1 is 1.17 bits per heavy atom. The summed E-state index contributed by atoms with van der Waals surface area (Å²) in [5.74, 6) is 1.45. The van der Waals surface area contributed by atoms with Crippen LogP contribution in [0, 0.1) is 0 Å². The van der Waals surface area contributed by atoms with Gasteiger partial charge >= 0.3 is 0 Å². The largest absolute Gasteiger partial charge is 0.468 e. The fourth-order valence-corrected chi connectivity index (χ4v) is 2.54. The quantitative estimate of drug-likeness (QED) is 0.783. The van der Waals surface area contributed by atoms with Gasteiger partial charge < -0.3 is 15.1 Å². The summed E-state index contributed by atoms with van der Waals surface area (Å²) in [5.41, 5.74) is 2.31. The lowest BCUT2D eigenvalue weighted by molar-refractivity contribution is 0.259. The molecule has 0 bridgehead atoms. The predicted octanol–water partition coefficient (Wildman–Crippen LogP) is 3.99. The second-order valence-electron chi connectivity index (χ2n) is 6.11. The van der Waals surface area contributed by atoms with E-state index in [2.05, 4.69) is 53.6 Å². The first kappa shape index (κ1) is 17.5. The number of hydrogen-bond donors (Lipinski definition) is 2. The van der Waals surface area contributed by atoms with Gasteiger partial charge in [-0.2, -0.15) is 0 Å². The minimum Gasteiger partial charge on any atom is -0.468 e. The summed E-state index contributed by atoms with van der Waals surface area (Å²) < 4.78 is 5.50. The summed E-state index contributed by atoms with van der Waals surface area (Å²) >= 11 is 5.38. The monoisotopic (exact) mass is 331 g/mol. The molecule has 1 heterocycles. The zero-order valence-electron chi connectivity index (χ0n) is 14.2. The highest BCUT2D eigenvalue weighted by molar-refractivity contribution is 7.80. The Hall–Kier alpha value is -1.85. The average molecular weight is 331 g/mol. The smallest absolute Gasteiger partial charge is 0.170 e. The highest BCUT2D eigenvalue weighted by Gasteiger charge is 2.16. The fraction of sp³-hybridized carbons (Fsp3) is 0.389. The van der Waals surface area contributed by atoms with Crippen molar-refractivity contribution in [3.8, 4) is 0 Å². The predicted molar refractivity (Wildman–Crippen MR) is 99.9 cm³/mol. The molecule has 0 aliphatic rings. The molecule has 23 heavy (non-hydrogen) atoms. The lowest BCUT2D eigenvalue weighted by Gasteiger charge is -2.23. The first-order chi connectivity index (χ1) is 11.0. The van der Waals surface area contributed by atoms with Gasteiger partial charge in [0.1, 0.15) is 5.76 Å². The molecule has 0 amide bonds. The number of anilines is 1. The number of benzene rings is 1. The van der Waals surface area contributed by atoms with Gasteiger partial charge in [0.2, 0.25) is 0 Å². The molecule has 0 spiro atoms. The second kappa shape index (κ2) is 8.13. The van der Waals surface area contributed by atoms with Crippen molar-refractivity contribution in [2.45, 2.75) is 25.8 Å². The van der Waals surface area contributed by atoms with Gasteiger partial charge in [-0.1, -0.05) is 26.0 Å². The van der Waals surface area contributed by atoms with E-state index in [1.807, 2.05) is 26.2 Å². The molecule has 2 aromatic rings. The summed E-state index contributed by atoms with van der Waals surface area (Å²) in [6.45, 7) is 5.05. The van der Waals surface area contributed by atoms with Gasteiger partial charge in [0.25, 0.3) is 0 Å². The van der Waals surface area contributed by atoms with E-state index in [4.69, 9.17) is 16.6 Å². The van der Waals surface area contributed by atoms with E-state index in [0.717, 1.165) is 11.4 Å². The third-order valence-electron chi connectivity index (χ3n) is 3.79. The van der Waals surface area contributed by atoms with Crippen molar-refractivity contribution in [1.82, 2.24) is 10.2 Å². The van der Waals surface area contributed by atoms with Crippen molar-refractivity contribution in [2.24, 2.45) is 0 Å². The van der Waals surface area contributed by atoms with Gasteiger partial charge in [-0.15, -0.1) is 0 Å². The van der Waals surface area contributed by atoms with E-state index in [-0.39, 0.29) is 6.04 Å². The molecule has 5 heteroatoms. The van der Waals surface area contributed by atoms with Gasteiger partial charge in [-0.05, 0) is 62.1 Å². The molecular formula is C18H25N3OS. The van der Waals surface area contributed by atoms with Crippen molar-refractivity contribution in [2.75, 3.05) is 26.0 Å². The van der Waals surface area contributed by atoms with Crippen LogP contribution in [0.1, 0.15) is 37.1 Å². The topological polar surface area (TPSA) is 40.4 Å². The van der Waals surface area contributed by atoms with Gasteiger partial charge in [0, 0.05) is 12.2 Å². The van der Waals surface area contributed by atoms with Crippen LogP contribution < -0.4 is 10.6 Å². The molecule has 0 saturated carbocycles. The van der Waals surface area contributed by atoms with Crippen LogP contribution in [0.2, 0.25) is 0 Å². The Balaban J connectivity index is 1.89. The van der Waals surface area contributed by atoms with Crippen molar-refractivity contribution in [3.63, 3.8) is 0 Å². The van der Waals surface area contributed by atoms with Crippen molar-refractivity contribution in [3.05, 3.63) is 54.0 Å². The number of rotatable bonds is 6. The molecule has 4 nitrogen and oxygen atoms in total. The van der Waals surface area contributed by atoms with Crippen LogP contribution >= 0.6 is 12.2 Å². The maximum absolute atomic E-state index is 5.50. The molecule has 0 aliphatic heterocycles. The Bertz CT molecular complexity index is 606. The van der Waals surface area contributed by atoms with Crippen LogP contribution in [0.25, 0.3) is 0 Å². The minimum atomic E-state index is 0.132. The maximum atomic E-state index is 5.50. The first-order valence-electron chi connectivity index (χ1n) is 7.82. The van der Waals surface area contributed by atoms with E-state index in [0.29, 0.717) is 17.6 Å². The van der Waals surface area contributed by atoms with Crippen LogP contribution in [-0.2, 0) is 0 Å². The van der Waals surface area contributed by atoms with E-state index in [9.17, 15) is 0 Å². The van der Waals surface area contributed by atoms with Gasteiger partial charge in [0.15, 0.2) is 5.11 Å². The molecule has 0 aliphatic carbocycles. The molecule has 0 fully saturated rings. The molecule has 0 unspecified atom stereocenters. The third kappa shape index (κ3) is 5.08. The molecule has 0 saturated heterocycles. The zero-order valence-corrected chi connectivity index (χ0v) is 15.0. The molecule has 124 valence electrons. The molecule has 1 aromatic heterocycles. The molecule has 1 atom stereocenters. The zero-order chi connectivity index (χ0) is 16.8. The van der Waals surface area contributed by atoms with E-state index < -0.39 is 0 Å². The Kier molecular flexibility index (Phi) is 6.19. The van der Waals surface area contributed by atoms with E-state index in [1.54, 1.807) is 6.26 Å². The lowest BCUT2D eigenvalue weighted by Crippen LogP contribution is -2.36. The fourth-order valence-electron chi connectivity index (χ4n) is 2.33. The number of hydrogen-bond acceptors (Lipinski definition) is 3. The Labute approximate surface area is 143 Å². The molecule has 2 N–H and O–H groups in total. The number of nitrogens with zero attached hydrogens (tertiary/aromatic N) is 1. The van der Waals surface area contributed by atoms with Crippen LogP contribution in [-0.4, -0.2) is 30.7 Å². The van der Waals surface area contributed by atoms with Crippen LogP contribution in [0.3, 0.4) is 0 Å². The van der Waals surface area contributed by atoms with Crippen LogP contribution in [0.4, 0.5) is 5.69 Å².